The number of rotatable bonds is 10. The standard InChI is InChI=1S/C25H31N3O5/c29-22(14-8-16-27-25(32)33-24(31)20-13-7-15-26-20)21(17-18-9-3-1-4-10-18)28-23(30)19-11-5-2-6-12-19/h1-6,9-12,20-22,26,29H,7-8,13-17H2,(H,27,32)(H,28,30)/t20-,21?,22?/m0/s1. The summed E-state index contributed by atoms with van der Waals surface area (Å²) in [6.45, 7) is 0.982. The largest absolute Gasteiger partial charge is 0.414 e. The van der Waals surface area contributed by atoms with E-state index in [0.717, 1.165) is 18.5 Å². The van der Waals surface area contributed by atoms with E-state index in [9.17, 15) is 19.5 Å². The first kappa shape index (κ1) is 24.4. The normalized spacial score (nSPS) is 17.1. The average Bonchev–Trinajstić information content (AvgIpc) is 3.38. The summed E-state index contributed by atoms with van der Waals surface area (Å²) in [5.74, 6) is -0.826. The minimum Gasteiger partial charge on any atom is -0.391 e. The number of amides is 2. The molecule has 0 spiro atoms. The molecule has 1 aliphatic heterocycles. The quantitative estimate of drug-likeness (QED) is 0.249. The monoisotopic (exact) mass is 453 g/mol. The zero-order chi connectivity index (χ0) is 23.5. The molecule has 8 nitrogen and oxygen atoms in total. The Labute approximate surface area is 193 Å². The maximum atomic E-state index is 12.6. The Morgan fingerprint density at radius 1 is 1.06 bits per heavy atom. The highest BCUT2D eigenvalue weighted by Gasteiger charge is 2.26. The first-order valence-corrected chi connectivity index (χ1v) is 11.3. The second-order valence-corrected chi connectivity index (χ2v) is 8.13. The van der Waals surface area contributed by atoms with E-state index in [-0.39, 0.29) is 12.5 Å². The fourth-order valence-electron chi connectivity index (χ4n) is 3.78. The predicted octanol–water partition coefficient (Wildman–Crippen LogP) is 2.17. The molecule has 0 bridgehead atoms. The lowest BCUT2D eigenvalue weighted by Crippen LogP contribution is -2.45. The summed E-state index contributed by atoms with van der Waals surface area (Å²) in [5, 5.41) is 19.3. The van der Waals surface area contributed by atoms with E-state index in [1.165, 1.54) is 0 Å². The minimum absolute atomic E-state index is 0.242. The van der Waals surface area contributed by atoms with E-state index in [4.69, 9.17) is 4.74 Å². The third kappa shape index (κ3) is 8.00. The van der Waals surface area contributed by atoms with Crippen LogP contribution in [-0.2, 0) is 16.0 Å². The molecule has 2 unspecified atom stereocenters. The van der Waals surface area contributed by atoms with Gasteiger partial charge in [-0.3, -0.25) is 4.79 Å². The van der Waals surface area contributed by atoms with Crippen LogP contribution in [0.1, 0.15) is 41.6 Å². The van der Waals surface area contributed by atoms with E-state index >= 15 is 0 Å². The van der Waals surface area contributed by atoms with Crippen molar-refractivity contribution < 1.29 is 24.2 Å². The van der Waals surface area contributed by atoms with E-state index in [1.54, 1.807) is 24.3 Å². The van der Waals surface area contributed by atoms with Gasteiger partial charge in [-0.2, -0.15) is 0 Å². The van der Waals surface area contributed by atoms with Crippen molar-refractivity contribution in [3.05, 3.63) is 71.8 Å². The van der Waals surface area contributed by atoms with Gasteiger partial charge in [-0.25, -0.2) is 9.59 Å². The third-order valence-electron chi connectivity index (χ3n) is 5.60. The van der Waals surface area contributed by atoms with Gasteiger partial charge in [0.05, 0.1) is 12.1 Å². The van der Waals surface area contributed by atoms with Crippen molar-refractivity contribution in [2.24, 2.45) is 0 Å². The maximum absolute atomic E-state index is 12.6. The molecule has 1 aliphatic rings. The van der Waals surface area contributed by atoms with Gasteiger partial charge >= 0.3 is 12.1 Å². The molecule has 2 aromatic carbocycles. The van der Waals surface area contributed by atoms with Crippen LogP contribution in [0.2, 0.25) is 0 Å². The summed E-state index contributed by atoms with van der Waals surface area (Å²) in [4.78, 5) is 36.3. The van der Waals surface area contributed by atoms with E-state index < -0.39 is 30.3 Å². The Morgan fingerprint density at radius 2 is 1.76 bits per heavy atom. The SMILES string of the molecule is O=C(NCCCC(O)C(Cc1ccccc1)NC(=O)c1ccccc1)OC(=O)[C@@H]1CCCN1. The van der Waals surface area contributed by atoms with Gasteiger partial charge in [-0.05, 0) is 56.3 Å². The highest BCUT2D eigenvalue weighted by Crippen LogP contribution is 2.12. The number of carbonyl (C=O) groups excluding carboxylic acids is 3. The molecule has 0 aromatic heterocycles. The zero-order valence-corrected chi connectivity index (χ0v) is 18.5. The smallest absolute Gasteiger partial charge is 0.391 e. The summed E-state index contributed by atoms with van der Waals surface area (Å²) in [7, 11) is 0. The number of aliphatic hydroxyl groups excluding tert-OH is 1. The van der Waals surface area contributed by atoms with Crippen LogP contribution in [0.5, 0.6) is 0 Å². The van der Waals surface area contributed by atoms with Crippen molar-refractivity contribution in [3.8, 4) is 0 Å². The van der Waals surface area contributed by atoms with E-state index in [2.05, 4.69) is 16.0 Å². The highest BCUT2D eigenvalue weighted by atomic mass is 16.6. The number of ether oxygens (including phenoxy) is 1. The molecule has 1 fully saturated rings. The van der Waals surface area contributed by atoms with Gasteiger partial charge in [0, 0.05) is 12.1 Å². The fraction of sp³-hybridized carbons (Fsp3) is 0.400. The summed E-state index contributed by atoms with van der Waals surface area (Å²) >= 11 is 0. The van der Waals surface area contributed by atoms with Crippen LogP contribution in [0.25, 0.3) is 0 Å². The van der Waals surface area contributed by atoms with Crippen molar-refractivity contribution in [3.63, 3.8) is 0 Å². The predicted molar refractivity (Wildman–Crippen MR) is 124 cm³/mol. The average molecular weight is 454 g/mol. The molecule has 1 saturated heterocycles. The molecular weight excluding hydrogens is 422 g/mol. The third-order valence-corrected chi connectivity index (χ3v) is 5.60. The van der Waals surface area contributed by atoms with Crippen LogP contribution in [0, 0.1) is 0 Å². The molecule has 3 atom stereocenters. The first-order chi connectivity index (χ1) is 16.0. The molecule has 4 N–H and O–H groups in total. The fourth-order valence-corrected chi connectivity index (χ4v) is 3.78. The van der Waals surface area contributed by atoms with Gasteiger partial charge in [-0.15, -0.1) is 0 Å². The van der Waals surface area contributed by atoms with Crippen molar-refractivity contribution >= 4 is 18.0 Å². The van der Waals surface area contributed by atoms with Crippen LogP contribution in [0.15, 0.2) is 60.7 Å². The number of aliphatic hydroxyl groups is 1. The Kier molecular flexibility index (Phi) is 9.41. The second kappa shape index (κ2) is 12.7. The van der Waals surface area contributed by atoms with Crippen LogP contribution in [0.3, 0.4) is 0 Å². The van der Waals surface area contributed by atoms with Crippen molar-refractivity contribution in [1.82, 2.24) is 16.0 Å². The summed E-state index contributed by atoms with van der Waals surface area (Å²) < 4.78 is 4.80. The van der Waals surface area contributed by atoms with Gasteiger partial charge in [0.1, 0.15) is 6.04 Å². The van der Waals surface area contributed by atoms with Crippen LogP contribution < -0.4 is 16.0 Å². The van der Waals surface area contributed by atoms with Gasteiger partial charge in [0.25, 0.3) is 5.91 Å². The van der Waals surface area contributed by atoms with Crippen molar-refractivity contribution in [2.45, 2.75) is 50.3 Å². The number of carbonyl (C=O) groups is 3. The molecule has 0 saturated carbocycles. The van der Waals surface area contributed by atoms with E-state index in [0.29, 0.717) is 31.2 Å². The highest BCUT2D eigenvalue weighted by molar-refractivity contribution is 5.94. The number of hydrogen-bond acceptors (Lipinski definition) is 6. The van der Waals surface area contributed by atoms with Gasteiger partial charge in [0.2, 0.25) is 0 Å². The summed E-state index contributed by atoms with van der Waals surface area (Å²) in [5.41, 5.74) is 1.52. The van der Waals surface area contributed by atoms with Crippen molar-refractivity contribution in [2.75, 3.05) is 13.1 Å². The molecule has 1 heterocycles. The van der Waals surface area contributed by atoms with Crippen LogP contribution in [0.4, 0.5) is 4.79 Å². The van der Waals surface area contributed by atoms with Crippen LogP contribution in [-0.4, -0.2) is 54.4 Å². The first-order valence-electron chi connectivity index (χ1n) is 11.3. The second-order valence-electron chi connectivity index (χ2n) is 8.13. The molecule has 176 valence electrons. The maximum Gasteiger partial charge on any atom is 0.414 e. The Balaban J connectivity index is 1.48. The Bertz CT molecular complexity index is 901. The lowest BCUT2D eigenvalue weighted by Gasteiger charge is -2.24. The topological polar surface area (TPSA) is 117 Å². The Hall–Kier alpha value is -3.23. The van der Waals surface area contributed by atoms with Crippen molar-refractivity contribution in [1.29, 1.82) is 0 Å². The molecule has 2 amide bonds. The molecule has 8 heteroatoms. The molecule has 3 rings (SSSR count). The molecule has 0 aliphatic carbocycles. The number of alkyl carbamates (subject to hydrolysis) is 1. The number of nitrogens with one attached hydrogen (secondary N) is 3. The molecule has 0 radical (unpaired) electrons. The Morgan fingerprint density at radius 3 is 2.42 bits per heavy atom. The van der Waals surface area contributed by atoms with Gasteiger partial charge in [0.15, 0.2) is 0 Å². The van der Waals surface area contributed by atoms with Gasteiger partial charge < -0.3 is 25.8 Å². The van der Waals surface area contributed by atoms with E-state index in [1.807, 2.05) is 36.4 Å². The lowest BCUT2D eigenvalue weighted by atomic mass is 9.97. The summed E-state index contributed by atoms with van der Waals surface area (Å²) in [6.07, 6.45) is 1.21. The number of esters is 1. The minimum atomic E-state index is -0.819. The molecule has 33 heavy (non-hydrogen) atoms. The lowest BCUT2D eigenvalue weighted by molar-refractivity contribution is -0.139. The zero-order valence-electron chi connectivity index (χ0n) is 18.5. The van der Waals surface area contributed by atoms with Crippen LogP contribution >= 0.6 is 0 Å². The molecule has 2 aromatic rings. The number of hydrogen-bond donors (Lipinski definition) is 4. The molecular formula is C25H31N3O5. The van der Waals surface area contributed by atoms with Gasteiger partial charge in [-0.1, -0.05) is 48.5 Å². The summed E-state index contributed by atoms with van der Waals surface area (Å²) in [6, 6.07) is 17.6. The number of benzene rings is 2.